The van der Waals surface area contributed by atoms with Crippen molar-refractivity contribution in [2.24, 2.45) is 0 Å². The van der Waals surface area contributed by atoms with Crippen LogP contribution >= 0.6 is 15.9 Å². The number of hydrogen-bond acceptors (Lipinski definition) is 3. The lowest BCUT2D eigenvalue weighted by atomic mass is 10.1. The summed E-state index contributed by atoms with van der Waals surface area (Å²) in [6, 6.07) is 8.02. The summed E-state index contributed by atoms with van der Waals surface area (Å²) in [5.74, 6) is 0.571. The van der Waals surface area contributed by atoms with E-state index in [1.165, 1.54) is 7.11 Å². The second kappa shape index (κ2) is 5.82. The molecule has 0 unspecified atom stereocenters. The molecule has 0 aliphatic rings. The highest BCUT2D eigenvalue weighted by atomic mass is 79.9. The first-order valence-electron chi connectivity index (χ1n) is 5.50. The highest BCUT2D eigenvalue weighted by Crippen LogP contribution is 2.14. The quantitative estimate of drug-likeness (QED) is 0.815. The highest BCUT2D eigenvalue weighted by molar-refractivity contribution is 9.10. The Morgan fingerprint density at radius 2 is 2.33 bits per heavy atom. The van der Waals surface area contributed by atoms with Gasteiger partial charge in [0.05, 0.1) is 7.11 Å². The lowest BCUT2D eigenvalue weighted by molar-refractivity contribution is -0.141. The number of nitrogens with zero attached hydrogens (tertiary/aromatic N) is 2. The molecule has 0 N–H and O–H groups in total. The first kappa shape index (κ1) is 12.8. The zero-order valence-electron chi connectivity index (χ0n) is 9.97. The lowest BCUT2D eigenvalue weighted by Gasteiger charge is -2.06. The molecule has 2 rings (SSSR count). The molecule has 94 valence electrons. The Morgan fingerprint density at radius 1 is 1.50 bits per heavy atom. The van der Waals surface area contributed by atoms with Crippen LogP contribution in [0.4, 0.5) is 0 Å². The molecule has 1 heterocycles. The first-order valence-corrected chi connectivity index (χ1v) is 6.29. The largest absolute Gasteiger partial charge is 0.468 e. The van der Waals surface area contributed by atoms with Crippen molar-refractivity contribution in [3.8, 4) is 0 Å². The van der Waals surface area contributed by atoms with Gasteiger partial charge in [-0.1, -0.05) is 28.1 Å². The van der Waals surface area contributed by atoms with Crippen molar-refractivity contribution in [3.05, 3.63) is 52.5 Å². The van der Waals surface area contributed by atoms with E-state index in [1.54, 1.807) is 17.0 Å². The van der Waals surface area contributed by atoms with Crippen molar-refractivity contribution < 1.29 is 9.53 Å². The third-order valence-corrected chi connectivity index (χ3v) is 3.07. The molecule has 0 atom stereocenters. The Kier molecular flexibility index (Phi) is 4.15. The van der Waals surface area contributed by atoms with Crippen molar-refractivity contribution in [2.45, 2.75) is 13.0 Å². The monoisotopic (exact) mass is 308 g/mol. The predicted molar refractivity (Wildman–Crippen MR) is 71.2 cm³/mol. The summed E-state index contributed by atoms with van der Waals surface area (Å²) in [5.41, 5.74) is 1.14. The summed E-state index contributed by atoms with van der Waals surface area (Å²) in [6.45, 7) is 0.194. The number of esters is 1. The summed E-state index contributed by atoms with van der Waals surface area (Å²) >= 11 is 3.43. The SMILES string of the molecule is COC(=O)Cn1ccnc1Cc1cccc(Br)c1. The maximum absolute atomic E-state index is 11.3. The number of benzene rings is 1. The molecule has 5 heteroatoms. The van der Waals surface area contributed by atoms with Crippen LogP contribution in [0.2, 0.25) is 0 Å². The first-order chi connectivity index (χ1) is 8.69. The zero-order chi connectivity index (χ0) is 13.0. The van der Waals surface area contributed by atoms with Crippen molar-refractivity contribution in [1.29, 1.82) is 0 Å². The van der Waals surface area contributed by atoms with Crippen LogP contribution in [0.15, 0.2) is 41.1 Å². The third-order valence-electron chi connectivity index (χ3n) is 2.58. The fourth-order valence-electron chi connectivity index (χ4n) is 1.68. The number of carbonyl (C=O) groups is 1. The Morgan fingerprint density at radius 3 is 3.06 bits per heavy atom. The molecule has 0 spiro atoms. The maximum atomic E-state index is 11.3. The minimum absolute atomic E-state index is 0.194. The van der Waals surface area contributed by atoms with Crippen LogP contribution in [0, 0.1) is 0 Å². The molecule has 1 aromatic heterocycles. The molecule has 0 saturated carbocycles. The Hall–Kier alpha value is -1.62. The van der Waals surface area contributed by atoms with E-state index >= 15 is 0 Å². The van der Waals surface area contributed by atoms with Gasteiger partial charge < -0.3 is 9.30 Å². The number of carbonyl (C=O) groups excluding carboxylic acids is 1. The third kappa shape index (κ3) is 3.20. The van der Waals surface area contributed by atoms with Gasteiger partial charge in [-0.25, -0.2) is 4.98 Å². The predicted octanol–water partition coefficient (Wildman–Crippen LogP) is 2.41. The molecule has 1 aromatic carbocycles. The van der Waals surface area contributed by atoms with E-state index in [1.807, 2.05) is 24.3 Å². The van der Waals surface area contributed by atoms with Crippen molar-refractivity contribution in [3.63, 3.8) is 0 Å². The zero-order valence-corrected chi connectivity index (χ0v) is 11.6. The van der Waals surface area contributed by atoms with Crippen LogP contribution in [0.3, 0.4) is 0 Å². The van der Waals surface area contributed by atoms with E-state index in [0.717, 1.165) is 15.9 Å². The Balaban J connectivity index is 2.15. The normalized spacial score (nSPS) is 10.3. The van der Waals surface area contributed by atoms with E-state index in [0.29, 0.717) is 6.42 Å². The molecule has 4 nitrogen and oxygen atoms in total. The molecular weight excluding hydrogens is 296 g/mol. The number of ether oxygens (including phenoxy) is 1. The minimum Gasteiger partial charge on any atom is -0.468 e. The molecule has 0 amide bonds. The fourth-order valence-corrected chi connectivity index (χ4v) is 2.13. The van der Waals surface area contributed by atoms with E-state index < -0.39 is 0 Å². The molecule has 18 heavy (non-hydrogen) atoms. The minimum atomic E-state index is -0.275. The fraction of sp³-hybridized carbons (Fsp3) is 0.231. The average Bonchev–Trinajstić information content (AvgIpc) is 2.76. The summed E-state index contributed by atoms with van der Waals surface area (Å²) in [6.07, 6.45) is 4.16. The number of rotatable bonds is 4. The molecule has 0 aliphatic carbocycles. The van der Waals surface area contributed by atoms with Gasteiger partial charge in [0, 0.05) is 23.3 Å². The summed E-state index contributed by atoms with van der Waals surface area (Å²) in [7, 11) is 1.38. The summed E-state index contributed by atoms with van der Waals surface area (Å²) < 4.78 is 7.48. The van der Waals surface area contributed by atoms with E-state index in [9.17, 15) is 4.79 Å². The van der Waals surface area contributed by atoms with E-state index in [-0.39, 0.29) is 12.5 Å². The van der Waals surface area contributed by atoms with Gasteiger partial charge in [-0.3, -0.25) is 4.79 Å². The van der Waals surface area contributed by atoms with Crippen LogP contribution < -0.4 is 0 Å². The van der Waals surface area contributed by atoms with E-state index in [2.05, 4.69) is 25.7 Å². The van der Waals surface area contributed by atoms with E-state index in [4.69, 9.17) is 0 Å². The Labute approximate surface area is 114 Å². The molecule has 0 aliphatic heterocycles. The second-order valence-corrected chi connectivity index (χ2v) is 4.77. The maximum Gasteiger partial charge on any atom is 0.325 e. The van der Waals surface area contributed by atoms with Crippen LogP contribution in [0.1, 0.15) is 11.4 Å². The van der Waals surface area contributed by atoms with Gasteiger partial charge in [-0.15, -0.1) is 0 Å². The Bertz CT molecular complexity index is 551. The van der Waals surface area contributed by atoms with Crippen molar-refractivity contribution in [2.75, 3.05) is 7.11 Å². The number of methoxy groups -OCH3 is 1. The number of imidazole rings is 1. The van der Waals surface area contributed by atoms with Crippen LogP contribution in [0.25, 0.3) is 0 Å². The van der Waals surface area contributed by atoms with Crippen LogP contribution in [-0.2, 0) is 22.5 Å². The topological polar surface area (TPSA) is 44.1 Å². The number of aromatic nitrogens is 2. The molecule has 0 bridgehead atoms. The smallest absolute Gasteiger partial charge is 0.325 e. The molecule has 0 fully saturated rings. The van der Waals surface area contributed by atoms with Gasteiger partial charge in [-0.05, 0) is 17.7 Å². The van der Waals surface area contributed by atoms with Gasteiger partial charge in [0.1, 0.15) is 12.4 Å². The van der Waals surface area contributed by atoms with Gasteiger partial charge >= 0.3 is 5.97 Å². The number of hydrogen-bond donors (Lipinski definition) is 0. The van der Waals surface area contributed by atoms with Crippen molar-refractivity contribution in [1.82, 2.24) is 9.55 Å². The number of halogens is 1. The average molecular weight is 309 g/mol. The second-order valence-electron chi connectivity index (χ2n) is 3.85. The molecule has 0 radical (unpaired) electrons. The van der Waals surface area contributed by atoms with Gasteiger partial charge in [0.2, 0.25) is 0 Å². The highest BCUT2D eigenvalue weighted by Gasteiger charge is 2.08. The van der Waals surface area contributed by atoms with Crippen molar-refractivity contribution >= 4 is 21.9 Å². The van der Waals surface area contributed by atoms with Gasteiger partial charge in [0.25, 0.3) is 0 Å². The standard InChI is InChI=1S/C13H13BrN2O2/c1-18-13(17)9-16-6-5-15-12(16)8-10-3-2-4-11(14)7-10/h2-7H,8-9H2,1H3. The van der Waals surface area contributed by atoms with Crippen LogP contribution in [0.5, 0.6) is 0 Å². The molecular formula is C13H13BrN2O2. The lowest BCUT2D eigenvalue weighted by Crippen LogP contribution is -2.13. The van der Waals surface area contributed by atoms with Crippen LogP contribution in [-0.4, -0.2) is 22.6 Å². The molecule has 0 saturated heterocycles. The molecule has 2 aromatic rings. The summed E-state index contributed by atoms with van der Waals surface area (Å²) in [5, 5.41) is 0. The summed E-state index contributed by atoms with van der Waals surface area (Å²) in [4.78, 5) is 15.5. The van der Waals surface area contributed by atoms with Gasteiger partial charge in [-0.2, -0.15) is 0 Å². The van der Waals surface area contributed by atoms with Gasteiger partial charge in [0.15, 0.2) is 0 Å².